The van der Waals surface area contributed by atoms with Gasteiger partial charge in [-0.15, -0.1) is 35.3 Å². The van der Waals surface area contributed by atoms with Crippen molar-refractivity contribution in [2.45, 2.75) is 31.7 Å². The Labute approximate surface area is 184 Å². The van der Waals surface area contributed by atoms with E-state index in [1.54, 1.807) is 13.0 Å². The van der Waals surface area contributed by atoms with Crippen molar-refractivity contribution >= 4 is 41.3 Å². The van der Waals surface area contributed by atoms with E-state index in [0.717, 1.165) is 28.8 Å². The first kappa shape index (κ1) is 25.5. The van der Waals surface area contributed by atoms with E-state index in [0.29, 0.717) is 16.5 Å². The summed E-state index contributed by atoms with van der Waals surface area (Å²) in [7, 11) is 1.49. The molecular formula is C17H19F6IN4S. The molecule has 4 nitrogen and oxygen atoms in total. The van der Waals surface area contributed by atoms with E-state index in [9.17, 15) is 26.3 Å². The molecular weight excluding hydrogens is 533 g/mol. The standard InChI is InChI=1S/C17H18F6N4S.HI/c1-10(11-4-3-5-12(8-11)16(18,19)20)26-15(24-2)25-7-6-14-27-13(9-28-14)17(21,22)23;/h3-5,8-10H,6-7H2,1-2H3,(H2,24,25,26);1H. The minimum atomic E-state index is -4.47. The molecule has 1 heterocycles. The summed E-state index contributed by atoms with van der Waals surface area (Å²) in [6.45, 7) is 1.94. The molecule has 29 heavy (non-hydrogen) atoms. The summed E-state index contributed by atoms with van der Waals surface area (Å²) in [5, 5.41) is 7.14. The Hall–Kier alpha value is -1.57. The number of alkyl halides is 6. The van der Waals surface area contributed by atoms with Gasteiger partial charge in [-0.25, -0.2) is 4.98 Å². The number of nitrogens with one attached hydrogen (secondary N) is 2. The monoisotopic (exact) mass is 552 g/mol. The molecule has 0 aliphatic carbocycles. The van der Waals surface area contributed by atoms with Gasteiger partial charge in [-0.1, -0.05) is 12.1 Å². The second kappa shape index (κ2) is 10.5. The Morgan fingerprint density at radius 3 is 2.41 bits per heavy atom. The van der Waals surface area contributed by atoms with Gasteiger partial charge < -0.3 is 10.6 Å². The van der Waals surface area contributed by atoms with Gasteiger partial charge in [0.25, 0.3) is 0 Å². The Morgan fingerprint density at radius 2 is 1.86 bits per heavy atom. The number of aromatic nitrogens is 1. The maximum Gasteiger partial charge on any atom is 0.434 e. The topological polar surface area (TPSA) is 49.3 Å². The third-order valence-electron chi connectivity index (χ3n) is 3.76. The average molecular weight is 552 g/mol. The van der Waals surface area contributed by atoms with Crippen LogP contribution < -0.4 is 10.6 Å². The van der Waals surface area contributed by atoms with Crippen molar-refractivity contribution in [3.8, 4) is 0 Å². The highest BCUT2D eigenvalue weighted by Crippen LogP contribution is 2.31. The van der Waals surface area contributed by atoms with E-state index < -0.39 is 29.7 Å². The van der Waals surface area contributed by atoms with Crippen LogP contribution in [0.25, 0.3) is 0 Å². The van der Waals surface area contributed by atoms with Gasteiger partial charge in [-0.3, -0.25) is 4.99 Å². The lowest BCUT2D eigenvalue weighted by Crippen LogP contribution is -2.39. The molecule has 1 aromatic carbocycles. The highest BCUT2D eigenvalue weighted by Gasteiger charge is 2.33. The van der Waals surface area contributed by atoms with Crippen LogP contribution in [0.5, 0.6) is 0 Å². The molecule has 0 bridgehead atoms. The van der Waals surface area contributed by atoms with Crippen molar-refractivity contribution in [3.05, 3.63) is 51.5 Å². The fourth-order valence-electron chi connectivity index (χ4n) is 2.31. The van der Waals surface area contributed by atoms with Crippen LogP contribution in [0.4, 0.5) is 26.3 Å². The number of halogens is 7. The van der Waals surface area contributed by atoms with Crippen molar-refractivity contribution in [3.63, 3.8) is 0 Å². The number of rotatable bonds is 5. The van der Waals surface area contributed by atoms with Crippen molar-refractivity contribution in [2.75, 3.05) is 13.6 Å². The van der Waals surface area contributed by atoms with Gasteiger partial charge >= 0.3 is 12.4 Å². The van der Waals surface area contributed by atoms with Gasteiger partial charge in [0.2, 0.25) is 0 Å². The second-order valence-corrected chi connectivity index (χ2v) is 6.81. The molecule has 0 aliphatic rings. The molecule has 0 saturated carbocycles. The van der Waals surface area contributed by atoms with E-state index >= 15 is 0 Å². The number of nitrogens with zero attached hydrogens (tertiary/aromatic N) is 2. The number of aliphatic imine (C=N–C) groups is 1. The van der Waals surface area contributed by atoms with E-state index in [1.807, 2.05) is 0 Å². The normalized spacial score (nSPS) is 13.6. The molecule has 0 radical (unpaired) electrons. The van der Waals surface area contributed by atoms with Crippen LogP contribution in [0.15, 0.2) is 34.6 Å². The second-order valence-electron chi connectivity index (χ2n) is 5.86. The number of thiazole rings is 1. The van der Waals surface area contributed by atoms with E-state index in [1.165, 1.54) is 13.1 Å². The van der Waals surface area contributed by atoms with Gasteiger partial charge in [-0.05, 0) is 24.6 Å². The Bertz CT molecular complexity index is 819. The molecule has 1 aromatic heterocycles. The molecule has 2 aromatic rings. The van der Waals surface area contributed by atoms with Crippen LogP contribution in [-0.4, -0.2) is 24.5 Å². The highest BCUT2D eigenvalue weighted by atomic mass is 127. The molecule has 1 atom stereocenters. The first-order valence-corrected chi connectivity index (χ1v) is 9.04. The summed E-state index contributed by atoms with van der Waals surface area (Å²) in [6.07, 6.45) is -8.65. The molecule has 162 valence electrons. The minimum absolute atomic E-state index is 0. The molecule has 0 fully saturated rings. The van der Waals surface area contributed by atoms with Crippen molar-refractivity contribution < 1.29 is 26.3 Å². The number of guanidine groups is 1. The number of benzene rings is 1. The summed E-state index contributed by atoms with van der Waals surface area (Å²) >= 11 is 0.912. The van der Waals surface area contributed by atoms with Crippen LogP contribution in [0.2, 0.25) is 0 Å². The van der Waals surface area contributed by atoms with Crippen molar-refractivity contribution in [2.24, 2.45) is 4.99 Å². The maximum absolute atomic E-state index is 12.8. The molecule has 12 heteroatoms. The SMILES string of the molecule is CN=C(NCCc1nc(C(F)(F)F)cs1)NC(C)c1cccc(C(F)(F)F)c1.I. The van der Waals surface area contributed by atoms with E-state index in [-0.39, 0.29) is 36.9 Å². The van der Waals surface area contributed by atoms with Gasteiger partial charge in [0.1, 0.15) is 0 Å². The quantitative estimate of drug-likeness (QED) is 0.230. The molecule has 2 rings (SSSR count). The van der Waals surface area contributed by atoms with Crippen molar-refractivity contribution in [1.29, 1.82) is 0 Å². The zero-order valence-electron chi connectivity index (χ0n) is 15.4. The lowest BCUT2D eigenvalue weighted by atomic mass is 10.1. The smallest absolute Gasteiger partial charge is 0.356 e. The molecule has 0 spiro atoms. The molecule has 0 amide bonds. The molecule has 0 saturated heterocycles. The predicted molar refractivity (Wildman–Crippen MR) is 111 cm³/mol. The summed E-state index contributed by atoms with van der Waals surface area (Å²) in [4.78, 5) is 7.51. The van der Waals surface area contributed by atoms with E-state index in [4.69, 9.17) is 0 Å². The maximum atomic E-state index is 12.8. The van der Waals surface area contributed by atoms with Crippen LogP contribution in [0.1, 0.15) is 34.8 Å². The summed E-state index contributed by atoms with van der Waals surface area (Å²) in [6, 6.07) is 4.47. The van der Waals surface area contributed by atoms with Gasteiger partial charge in [0, 0.05) is 25.4 Å². The van der Waals surface area contributed by atoms with Gasteiger partial charge in [0.15, 0.2) is 11.7 Å². The van der Waals surface area contributed by atoms with Crippen LogP contribution in [-0.2, 0) is 18.8 Å². The predicted octanol–water partition coefficient (Wildman–Crippen LogP) is 5.27. The molecule has 2 N–H and O–H groups in total. The Kier molecular flexibility index (Phi) is 9.18. The first-order valence-electron chi connectivity index (χ1n) is 8.16. The Morgan fingerprint density at radius 1 is 1.17 bits per heavy atom. The van der Waals surface area contributed by atoms with Gasteiger partial charge in [-0.2, -0.15) is 26.3 Å². The fraction of sp³-hybridized carbons (Fsp3) is 0.412. The lowest BCUT2D eigenvalue weighted by Gasteiger charge is -2.19. The first-order chi connectivity index (χ1) is 13.0. The minimum Gasteiger partial charge on any atom is -0.356 e. The fourth-order valence-corrected chi connectivity index (χ4v) is 3.12. The average Bonchev–Trinajstić information content (AvgIpc) is 3.09. The van der Waals surface area contributed by atoms with Crippen LogP contribution in [0, 0.1) is 0 Å². The molecule has 0 aliphatic heterocycles. The zero-order chi connectivity index (χ0) is 20.9. The largest absolute Gasteiger partial charge is 0.434 e. The van der Waals surface area contributed by atoms with Gasteiger partial charge in [0.05, 0.1) is 16.6 Å². The van der Waals surface area contributed by atoms with Crippen LogP contribution >= 0.6 is 35.3 Å². The van der Waals surface area contributed by atoms with E-state index in [2.05, 4.69) is 20.6 Å². The summed E-state index contributed by atoms with van der Waals surface area (Å²) in [5.74, 6) is 0.317. The highest BCUT2D eigenvalue weighted by molar-refractivity contribution is 14.0. The third-order valence-corrected chi connectivity index (χ3v) is 4.67. The third kappa shape index (κ3) is 7.64. The lowest BCUT2D eigenvalue weighted by molar-refractivity contribution is -0.141. The zero-order valence-corrected chi connectivity index (χ0v) is 18.5. The van der Waals surface area contributed by atoms with Crippen LogP contribution in [0.3, 0.4) is 0 Å². The summed E-state index contributed by atoms with van der Waals surface area (Å²) < 4.78 is 76.1. The molecule has 1 unspecified atom stereocenters. The number of hydrogen-bond donors (Lipinski definition) is 2. The summed E-state index contributed by atoms with van der Waals surface area (Å²) in [5.41, 5.74) is -1.24. The Balaban J connectivity index is 0.00000420. The van der Waals surface area contributed by atoms with Crippen molar-refractivity contribution in [1.82, 2.24) is 15.6 Å². The number of hydrogen-bond acceptors (Lipinski definition) is 3.